The van der Waals surface area contributed by atoms with Gasteiger partial charge in [-0.25, -0.2) is 9.78 Å². The minimum atomic E-state index is -0.842. The monoisotopic (exact) mass is 616 g/mol. The summed E-state index contributed by atoms with van der Waals surface area (Å²) >= 11 is 16.0. The lowest BCUT2D eigenvalue weighted by atomic mass is 9.85. The molecule has 2 aromatic heterocycles. The first-order valence-corrected chi connectivity index (χ1v) is 14.7. The number of thioether (sulfide) groups is 1. The van der Waals surface area contributed by atoms with E-state index in [0.717, 1.165) is 16.4 Å². The fraction of sp³-hybridized carbons (Fsp3) is 0.259. The van der Waals surface area contributed by atoms with Crippen molar-refractivity contribution in [2.75, 3.05) is 12.4 Å². The molecule has 13 heteroatoms. The van der Waals surface area contributed by atoms with Crippen LogP contribution in [0.2, 0.25) is 10.0 Å². The van der Waals surface area contributed by atoms with Crippen LogP contribution < -0.4 is 11.2 Å². The maximum absolute atomic E-state index is 13.5. The smallest absolute Gasteiger partial charge is 0.349 e. The average molecular weight is 618 g/mol. The number of nitrogens with zero attached hydrogens (tertiary/aromatic N) is 3. The van der Waals surface area contributed by atoms with Crippen molar-refractivity contribution < 1.29 is 14.3 Å². The number of ketones is 1. The number of Topliss-reactive ketones (excluding diaryl/α,β-unsaturated/α-hetero) is 1. The van der Waals surface area contributed by atoms with E-state index in [0.29, 0.717) is 34.2 Å². The third kappa shape index (κ3) is 5.51. The summed E-state index contributed by atoms with van der Waals surface area (Å²) < 4.78 is 6.01. The predicted molar refractivity (Wildman–Crippen MR) is 156 cm³/mol. The van der Waals surface area contributed by atoms with Crippen molar-refractivity contribution in [1.29, 1.82) is 0 Å². The zero-order valence-electron chi connectivity index (χ0n) is 21.3. The summed E-state index contributed by atoms with van der Waals surface area (Å²) in [4.78, 5) is 56.5. The molecule has 1 fully saturated rings. The molecule has 2 aromatic carbocycles. The lowest BCUT2D eigenvalue weighted by molar-refractivity contribution is -0.137. The Morgan fingerprint density at radius 1 is 1.18 bits per heavy atom. The molecule has 4 aromatic rings. The molecule has 1 aliphatic rings. The summed E-state index contributed by atoms with van der Waals surface area (Å²) in [5.41, 5.74) is -0.0463. The second kappa shape index (κ2) is 11.3. The van der Waals surface area contributed by atoms with E-state index in [4.69, 9.17) is 32.9 Å². The van der Waals surface area contributed by atoms with Crippen molar-refractivity contribution in [3.05, 3.63) is 95.0 Å². The minimum Gasteiger partial charge on any atom is -0.465 e. The molecule has 0 bridgehead atoms. The van der Waals surface area contributed by atoms with Gasteiger partial charge in [0, 0.05) is 33.0 Å². The quantitative estimate of drug-likeness (QED) is 0.219. The number of esters is 1. The molecule has 0 aliphatic carbocycles. The number of nitrogens with one attached hydrogen (secondary N) is 1. The van der Waals surface area contributed by atoms with Gasteiger partial charge in [0.15, 0.2) is 5.78 Å². The van der Waals surface area contributed by atoms with Gasteiger partial charge >= 0.3 is 11.7 Å². The number of carbonyl (C=O) groups excluding carboxylic acids is 2. The first-order valence-electron chi connectivity index (χ1n) is 12.1. The molecule has 1 unspecified atom stereocenters. The fourth-order valence-electron chi connectivity index (χ4n) is 4.36. The van der Waals surface area contributed by atoms with Crippen molar-refractivity contribution in [3.63, 3.8) is 0 Å². The molecule has 9 nitrogen and oxygen atoms in total. The highest BCUT2D eigenvalue weighted by atomic mass is 35.5. The summed E-state index contributed by atoms with van der Waals surface area (Å²) in [5, 5.41) is 4.63. The summed E-state index contributed by atoms with van der Waals surface area (Å²) in [5.74, 6) is -0.322. The Labute approximate surface area is 246 Å². The lowest BCUT2D eigenvalue weighted by Crippen LogP contribution is -2.30. The number of H-pyrrole nitrogens is 1. The van der Waals surface area contributed by atoms with E-state index in [1.54, 1.807) is 0 Å². The molecule has 1 atom stereocenters. The van der Waals surface area contributed by atoms with Crippen LogP contribution in [0.25, 0.3) is 16.9 Å². The van der Waals surface area contributed by atoms with Gasteiger partial charge in [-0.3, -0.25) is 19.4 Å². The van der Waals surface area contributed by atoms with E-state index >= 15 is 0 Å². The first kappa shape index (κ1) is 28.3. The Hall–Kier alpha value is -3.25. The average Bonchev–Trinajstić information content (AvgIpc) is 3.54. The van der Waals surface area contributed by atoms with Crippen LogP contribution in [0.1, 0.15) is 40.5 Å². The summed E-state index contributed by atoms with van der Waals surface area (Å²) in [7, 11) is 0. The fourth-order valence-corrected chi connectivity index (χ4v) is 7.50. The molecular formula is C27H22Cl2N4O5S2. The molecule has 1 N–H and O–H groups in total. The highest BCUT2D eigenvalue weighted by Crippen LogP contribution is 2.44. The number of hydrogen-bond acceptors (Lipinski definition) is 9. The highest BCUT2D eigenvalue weighted by molar-refractivity contribution is 8.01. The van der Waals surface area contributed by atoms with E-state index in [9.17, 15) is 19.2 Å². The molecule has 1 saturated heterocycles. The van der Waals surface area contributed by atoms with Crippen molar-refractivity contribution in [2.45, 2.75) is 30.9 Å². The molecule has 5 rings (SSSR count). The van der Waals surface area contributed by atoms with Gasteiger partial charge in [-0.1, -0.05) is 53.5 Å². The van der Waals surface area contributed by atoms with Crippen LogP contribution in [0.5, 0.6) is 0 Å². The predicted octanol–water partition coefficient (Wildman–Crippen LogP) is 4.91. The summed E-state index contributed by atoms with van der Waals surface area (Å²) in [6.45, 7) is 4.16. The molecular weight excluding hydrogens is 595 g/mol. The maximum Gasteiger partial charge on any atom is 0.349 e. The SMILES string of the molecule is CC(C)(c1nc(-c2ccccc2)c(C(=O)CSC2CCOC2=O)s1)c1c(Cl)cc(-n2ncc(=O)[nH]c2=O)cc1Cl. The number of halogens is 2. The number of thiazole rings is 1. The number of rotatable bonds is 8. The maximum atomic E-state index is 13.5. The van der Waals surface area contributed by atoms with Gasteiger partial charge in [-0.15, -0.1) is 23.1 Å². The zero-order valence-corrected chi connectivity index (χ0v) is 24.4. The second-order valence-corrected chi connectivity index (χ2v) is 12.5. The topological polar surface area (TPSA) is 124 Å². The van der Waals surface area contributed by atoms with Gasteiger partial charge < -0.3 is 4.74 Å². The van der Waals surface area contributed by atoms with Gasteiger partial charge in [0.05, 0.1) is 28.6 Å². The van der Waals surface area contributed by atoms with Gasteiger partial charge in [-0.2, -0.15) is 9.78 Å². The largest absolute Gasteiger partial charge is 0.465 e. The van der Waals surface area contributed by atoms with Crippen LogP contribution in [0.15, 0.2) is 58.3 Å². The Balaban J connectivity index is 1.54. The number of ether oxygens (including phenoxy) is 1. The number of carbonyl (C=O) groups is 2. The Morgan fingerprint density at radius 3 is 2.50 bits per heavy atom. The summed E-state index contributed by atoms with van der Waals surface area (Å²) in [6, 6.07) is 12.5. The van der Waals surface area contributed by atoms with Gasteiger partial charge in [0.2, 0.25) is 0 Å². The minimum absolute atomic E-state index is 0.110. The van der Waals surface area contributed by atoms with Crippen LogP contribution >= 0.6 is 46.3 Å². The molecule has 1 aliphatic heterocycles. The third-order valence-corrected chi connectivity index (χ3v) is 9.65. The molecule has 206 valence electrons. The van der Waals surface area contributed by atoms with E-state index in [1.165, 1.54) is 35.2 Å². The molecule has 0 amide bonds. The van der Waals surface area contributed by atoms with Crippen molar-refractivity contribution in [1.82, 2.24) is 19.7 Å². The molecule has 0 spiro atoms. The number of aromatic amines is 1. The number of benzene rings is 2. The van der Waals surface area contributed by atoms with Crippen LogP contribution in [0.4, 0.5) is 0 Å². The molecule has 40 heavy (non-hydrogen) atoms. The van der Waals surface area contributed by atoms with Crippen LogP contribution in [0.3, 0.4) is 0 Å². The van der Waals surface area contributed by atoms with Crippen LogP contribution in [-0.2, 0) is 14.9 Å². The molecule has 3 heterocycles. The first-order chi connectivity index (χ1) is 19.1. The van der Waals surface area contributed by atoms with Crippen molar-refractivity contribution in [3.8, 4) is 16.9 Å². The van der Waals surface area contributed by atoms with Crippen LogP contribution in [0, 0.1) is 0 Å². The van der Waals surface area contributed by atoms with Crippen LogP contribution in [-0.4, -0.2) is 49.1 Å². The zero-order chi connectivity index (χ0) is 28.6. The van der Waals surface area contributed by atoms with Gasteiger partial charge in [-0.05, 0) is 26.0 Å². The second-order valence-electron chi connectivity index (χ2n) is 9.50. The number of hydrogen-bond donors (Lipinski definition) is 1. The lowest BCUT2D eigenvalue weighted by Gasteiger charge is -2.25. The Bertz CT molecular complexity index is 1710. The number of aromatic nitrogens is 4. The van der Waals surface area contributed by atoms with E-state index < -0.39 is 16.7 Å². The highest BCUT2D eigenvalue weighted by Gasteiger charge is 2.35. The van der Waals surface area contributed by atoms with Gasteiger partial charge in [0.1, 0.15) is 16.5 Å². The number of cyclic esters (lactones) is 1. The van der Waals surface area contributed by atoms with E-state index in [2.05, 4.69) is 10.1 Å². The van der Waals surface area contributed by atoms with E-state index in [1.807, 2.05) is 44.2 Å². The van der Waals surface area contributed by atoms with E-state index in [-0.39, 0.29) is 38.5 Å². The standard InChI is InChI=1S/C27H22Cl2N4O5S2/c1-27(2,21-16(28)10-15(11-17(21)29)33-26(37)31-20(35)12-30-33)25-32-22(14-6-4-3-5-7-14)23(40-25)18(34)13-39-19-8-9-38-24(19)36/h3-7,10-12,19H,8-9,13H2,1-2H3,(H,31,35,37). The third-order valence-electron chi connectivity index (χ3n) is 6.37. The van der Waals surface area contributed by atoms with Crippen molar-refractivity contribution in [2.24, 2.45) is 0 Å². The van der Waals surface area contributed by atoms with Crippen molar-refractivity contribution >= 4 is 58.1 Å². The Kier molecular flexibility index (Phi) is 8.01. The van der Waals surface area contributed by atoms with Gasteiger partial charge in [0.25, 0.3) is 5.56 Å². The normalized spacial score (nSPS) is 15.3. The molecule has 0 radical (unpaired) electrons. The Morgan fingerprint density at radius 2 is 1.88 bits per heavy atom. The summed E-state index contributed by atoms with van der Waals surface area (Å²) in [6.07, 6.45) is 1.56. The molecule has 0 saturated carbocycles.